The number of carbonyl (C=O) groups is 1. The molecule has 1 aromatic heterocycles. The number of rotatable bonds is 6. The number of hydrogen-bond acceptors (Lipinski definition) is 5. The average molecular weight is 363 g/mol. The van der Waals surface area contributed by atoms with Gasteiger partial charge in [-0.2, -0.15) is 5.10 Å². The summed E-state index contributed by atoms with van der Waals surface area (Å²) in [5.41, 5.74) is 0.0124. The SMILES string of the molecule is Cn1nc(C2CCN(CC(=O)NCC3CCCO3)CC2)n(C2CC2)c1=O. The smallest absolute Gasteiger partial charge is 0.345 e. The lowest BCUT2D eigenvalue weighted by molar-refractivity contribution is -0.123. The van der Waals surface area contributed by atoms with E-state index in [1.165, 1.54) is 4.68 Å². The summed E-state index contributed by atoms with van der Waals surface area (Å²) in [4.78, 5) is 26.6. The first-order chi connectivity index (χ1) is 12.6. The molecule has 2 saturated heterocycles. The highest BCUT2D eigenvalue weighted by molar-refractivity contribution is 5.78. The first kappa shape index (κ1) is 17.7. The van der Waals surface area contributed by atoms with Crippen LogP contribution in [0.4, 0.5) is 0 Å². The maximum absolute atomic E-state index is 12.3. The van der Waals surface area contributed by atoms with Gasteiger partial charge in [0.1, 0.15) is 5.82 Å². The van der Waals surface area contributed by atoms with Gasteiger partial charge in [0.15, 0.2) is 0 Å². The Morgan fingerprint density at radius 1 is 1.23 bits per heavy atom. The second kappa shape index (κ2) is 7.52. The Morgan fingerprint density at radius 2 is 2.00 bits per heavy atom. The second-order valence-electron chi connectivity index (χ2n) is 7.86. The van der Waals surface area contributed by atoms with Crippen molar-refractivity contribution in [1.29, 1.82) is 0 Å². The van der Waals surface area contributed by atoms with E-state index < -0.39 is 0 Å². The summed E-state index contributed by atoms with van der Waals surface area (Å²) >= 11 is 0. The lowest BCUT2D eigenvalue weighted by Gasteiger charge is -2.31. The van der Waals surface area contributed by atoms with Crippen molar-refractivity contribution < 1.29 is 9.53 Å². The minimum Gasteiger partial charge on any atom is -0.376 e. The van der Waals surface area contributed by atoms with Crippen molar-refractivity contribution in [3.05, 3.63) is 16.3 Å². The quantitative estimate of drug-likeness (QED) is 0.791. The van der Waals surface area contributed by atoms with E-state index in [0.717, 1.165) is 64.0 Å². The zero-order valence-electron chi connectivity index (χ0n) is 15.5. The topological polar surface area (TPSA) is 81.4 Å². The molecule has 144 valence electrons. The van der Waals surface area contributed by atoms with Crippen LogP contribution in [0, 0.1) is 0 Å². The first-order valence-electron chi connectivity index (χ1n) is 9.88. The molecule has 1 aliphatic carbocycles. The predicted octanol–water partition coefficient (Wildman–Crippen LogP) is 0.391. The minimum atomic E-state index is 0.0124. The van der Waals surface area contributed by atoms with E-state index in [2.05, 4.69) is 15.3 Å². The van der Waals surface area contributed by atoms with Gasteiger partial charge >= 0.3 is 5.69 Å². The molecule has 1 aromatic rings. The highest BCUT2D eigenvalue weighted by Crippen LogP contribution is 2.37. The summed E-state index contributed by atoms with van der Waals surface area (Å²) in [5.74, 6) is 1.34. The number of carbonyl (C=O) groups excluding carboxylic acids is 1. The van der Waals surface area contributed by atoms with E-state index in [1.54, 1.807) is 7.05 Å². The third-order valence-electron chi connectivity index (χ3n) is 5.77. The van der Waals surface area contributed by atoms with Crippen molar-refractivity contribution in [2.24, 2.45) is 7.05 Å². The zero-order chi connectivity index (χ0) is 18.1. The van der Waals surface area contributed by atoms with Crippen LogP contribution in [-0.4, -0.2) is 64.0 Å². The molecule has 3 fully saturated rings. The fourth-order valence-electron chi connectivity index (χ4n) is 4.09. The second-order valence-corrected chi connectivity index (χ2v) is 7.86. The standard InChI is InChI=1S/C18H29N5O3/c1-21-18(25)23(14-4-5-14)17(20-21)13-6-8-22(9-7-13)12-16(24)19-11-15-3-2-10-26-15/h13-15H,2-12H2,1H3,(H,19,24). The van der Waals surface area contributed by atoms with Gasteiger partial charge in [-0.3, -0.25) is 14.3 Å². The van der Waals surface area contributed by atoms with Crippen molar-refractivity contribution in [2.75, 3.05) is 32.8 Å². The Morgan fingerprint density at radius 3 is 2.65 bits per heavy atom. The molecule has 26 heavy (non-hydrogen) atoms. The molecule has 1 unspecified atom stereocenters. The molecular weight excluding hydrogens is 334 g/mol. The number of aromatic nitrogens is 3. The number of amides is 1. The lowest BCUT2D eigenvalue weighted by Crippen LogP contribution is -2.43. The molecule has 2 aliphatic heterocycles. The van der Waals surface area contributed by atoms with E-state index in [1.807, 2.05) is 4.57 Å². The number of piperidine rings is 1. The first-order valence-corrected chi connectivity index (χ1v) is 9.88. The van der Waals surface area contributed by atoms with Crippen LogP contribution in [0.2, 0.25) is 0 Å². The van der Waals surface area contributed by atoms with Crippen molar-refractivity contribution in [3.8, 4) is 0 Å². The Kier molecular flexibility index (Phi) is 5.13. The predicted molar refractivity (Wildman–Crippen MR) is 96.1 cm³/mol. The fourth-order valence-corrected chi connectivity index (χ4v) is 4.09. The molecule has 0 spiro atoms. The van der Waals surface area contributed by atoms with E-state index in [4.69, 9.17) is 4.74 Å². The highest BCUT2D eigenvalue weighted by Gasteiger charge is 2.33. The molecule has 0 radical (unpaired) electrons. The molecule has 3 heterocycles. The molecule has 4 rings (SSSR count). The summed E-state index contributed by atoms with van der Waals surface area (Å²) in [7, 11) is 1.73. The fraction of sp³-hybridized carbons (Fsp3) is 0.833. The van der Waals surface area contributed by atoms with Gasteiger partial charge in [0.05, 0.1) is 12.6 Å². The molecule has 0 bridgehead atoms. The normalized spacial score (nSPS) is 24.9. The molecule has 1 saturated carbocycles. The van der Waals surface area contributed by atoms with Crippen LogP contribution < -0.4 is 11.0 Å². The maximum Gasteiger partial charge on any atom is 0.345 e. The van der Waals surface area contributed by atoms with Gasteiger partial charge in [-0.05, 0) is 51.6 Å². The van der Waals surface area contributed by atoms with Crippen LogP contribution in [0.3, 0.4) is 0 Å². The summed E-state index contributed by atoms with van der Waals surface area (Å²) in [6, 6.07) is 0.354. The minimum absolute atomic E-state index is 0.0124. The summed E-state index contributed by atoms with van der Waals surface area (Å²) in [6.07, 6.45) is 6.38. The van der Waals surface area contributed by atoms with E-state index >= 15 is 0 Å². The Hall–Kier alpha value is -1.67. The lowest BCUT2D eigenvalue weighted by atomic mass is 9.96. The van der Waals surface area contributed by atoms with Crippen molar-refractivity contribution in [2.45, 2.75) is 56.6 Å². The number of nitrogens with one attached hydrogen (secondary N) is 1. The monoisotopic (exact) mass is 363 g/mol. The van der Waals surface area contributed by atoms with Crippen LogP contribution in [0.1, 0.15) is 56.3 Å². The van der Waals surface area contributed by atoms with E-state index in [0.29, 0.717) is 25.0 Å². The van der Waals surface area contributed by atoms with Gasteiger partial charge in [-0.1, -0.05) is 0 Å². The van der Waals surface area contributed by atoms with Crippen LogP contribution >= 0.6 is 0 Å². The molecular formula is C18H29N5O3. The van der Waals surface area contributed by atoms with E-state index in [9.17, 15) is 9.59 Å². The van der Waals surface area contributed by atoms with Crippen LogP contribution in [0.15, 0.2) is 4.79 Å². The third kappa shape index (κ3) is 3.86. The summed E-state index contributed by atoms with van der Waals surface area (Å²) in [5, 5.41) is 7.50. The van der Waals surface area contributed by atoms with Gasteiger partial charge in [-0.25, -0.2) is 9.48 Å². The number of ether oxygens (including phenoxy) is 1. The maximum atomic E-state index is 12.3. The number of nitrogens with zero attached hydrogens (tertiary/aromatic N) is 4. The summed E-state index contributed by atoms with van der Waals surface area (Å²) in [6.45, 7) is 3.61. The van der Waals surface area contributed by atoms with Gasteiger partial charge in [-0.15, -0.1) is 0 Å². The summed E-state index contributed by atoms with van der Waals surface area (Å²) < 4.78 is 8.92. The molecule has 1 amide bonds. The Balaban J connectivity index is 1.27. The molecule has 0 aromatic carbocycles. The highest BCUT2D eigenvalue weighted by atomic mass is 16.5. The third-order valence-corrected chi connectivity index (χ3v) is 5.77. The molecule has 1 N–H and O–H groups in total. The number of likely N-dealkylation sites (tertiary alicyclic amines) is 1. The molecule has 8 nitrogen and oxygen atoms in total. The Bertz CT molecular complexity index is 694. The van der Waals surface area contributed by atoms with Crippen LogP contribution in [-0.2, 0) is 16.6 Å². The molecule has 1 atom stereocenters. The van der Waals surface area contributed by atoms with Crippen molar-refractivity contribution in [1.82, 2.24) is 24.6 Å². The molecule has 8 heteroatoms. The van der Waals surface area contributed by atoms with Gasteiger partial charge in [0.2, 0.25) is 5.91 Å². The number of hydrogen-bond donors (Lipinski definition) is 1. The van der Waals surface area contributed by atoms with E-state index in [-0.39, 0.29) is 17.7 Å². The molecule has 3 aliphatic rings. The van der Waals surface area contributed by atoms with Gasteiger partial charge < -0.3 is 10.1 Å². The van der Waals surface area contributed by atoms with Crippen molar-refractivity contribution in [3.63, 3.8) is 0 Å². The van der Waals surface area contributed by atoms with Crippen LogP contribution in [0.25, 0.3) is 0 Å². The number of aryl methyl sites for hydroxylation is 1. The zero-order valence-corrected chi connectivity index (χ0v) is 15.5. The van der Waals surface area contributed by atoms with Crippen molar-refractivity contribution >= 4 is 5.91 Å². The van der Waals surface area contributed by atoms with Gasteiger partial charge in [0, 0.05) is 32.2 Å². The Labute approximate surface area is 153 Å². The largest absolute Gasteiger partial charge is 0.376 e. The average Bonchev–Trinajstić information content (AvgIpc) is 3.24. The van der Waals surface area contributed by atoms with Crippen LogP contribution in [0.5, 0.6) is 0 Å². The van der Waals surface area contributed by atoms with Gasteiger partial charge in [0.25, 0.3) is 0 Å².